The number of likely N-dealkylation sites (tertiary alicyclic amines) is 1. The van der Waals surface area contributed by atoms with E-state index in [0.717, 1.165) is 31.9 Å². The molecule has 1 fully saturated rings. The molecule has 0 aliphatic carbocycles. The summed E-state index contributed by atoms with van der Waals surface area (Å²) in [5.41, 5.74) is 4.12. The van der Waals surface area contributed by atoms with Crippen molar-refractivity contribution in [3.05, 3.63) is 47.3 Å². The third-order valence-corrected chi connectivity index (χ3v) is 4.37. The van der Waals surface area contributed by atoms with Gasteiger partial charge in [-0.1, -0.05) is 23.8 Å². The maximum atomic E-state index is 5.14. The number of aromatic nitrogens is 2. The molecule has 1 unspecified atom stereocenters. The number of hydrogen-bond donors (Lipinski definition) is 1. The Morgan fingerprint density at radius 1 is 1.26 bits per heavy atom. The van der Waals surface area contributed by atoms with Crippen LogP contribution in [-0.4, -0.2) is 41.1 Å². The van der Waals surface area contributed by atoms with E-state index in [4.69, 9.17) is 4.74 Å². The Kier molecular flexibility index (Phi) is 4.76. The SMILES string of the molecule is COc1cc(NC2CCN(Cc3ccc(C)cc3C)C2)ncn1. The molecule has 1 aliphatic rings. The van der Waals surface area contributed by atoms with Crippen LogP contribution in [0.1, 0.15) is 23.1 Å². The van der Waals surface area contributed by atoms with E-state index in [1.54, 1.807) is 7.11 Å². The summed E-state index contributed by atoms with van der Waals surface area (Å²) >= 11 is 0. The molecule has 0 bridgehead atoms. The average Bonchev–Trinajstić information content (AvgIpc) is 2.97. The molecule has 1 aliphatic heterocycles. The van der Waals surface area contributed by atoms with Gasteiger partial charge < -0.3 is 10.1 Å². The summed E-state index contributed by atoms with van der Waals surface area (Å²) in [4.78, 5) is 10.8. The molecule has 0 saturated carbocycles. The first-order valence-corrected chi connectivity index (χ1v) is 8.05. The molecule has 1 aromatic heterocycles. The Labute approximate surface area is 137 Å². The third kappa shape index (κ3) is 3.99. The van der Waals surface area contributed by atoms with Crippen molar-refractivity contribution in [1.82, 2.24) is 14.9 Å². The smallest absolute Gasteiger partial charge is 0.218 e. The number of ether oxygens (including phenoxy) is 1. The van der Waals surface area contributed by atoms with Gasteiger partial charge in [-0.15, -0.1) is 0 Å². The van der Waals surface area contributed by atoms with Crippen LogP contribution in [-0.2, 0) is 6.54 Å². The monoisotopic (exact) mass is 312 g/mol. The number of hydrogen-bond acceptors (Lipinski definition) is 5. The van der Waals surface area contributed by atoms with Crippen LogP contribution in [0.3, 0.4) is 0 Å². The molecule has 2 heterocycles. The van der Waals surface area contributed by atoms with E-state index in [9.17, 15) is 0 Å². The minimum absolute atomic E-state index is 0.417. The Morgan fingerprint density at radius 3 is 2.91 bits per heavy atom. The topological polar surface area (TPSA) is 50.3 Å². The second-order valence-corrected chi connectivity index (χ2v) is 6.24. The largest absolute Gasteiger partial charge is 0.481 e. The van der Waals surface area contributed by atoms with Crippen molar-refractivity contribution in [3.8, 4) is 5.88 Å². The van der Waals surface area contributed by atoms with E-state index in [0.29, 0.717) is 11.9 Å². The highest BCUT2D eigenvalue weighted by Crippen LogP contribution is 2.20. The predicted molar refractivity (Wildman–Crippen MR) is 91.8 cm³/mol. The molecule has 5 heteroatoms. The Bertz CT molecular complexity index is 674. The molecular weight excluding hydrogens is 288 g/mol. The Balaban J connectivity index is 1.57. The van der Waals surface area contributed by atoms with Gasteiger partial charge in [-0.3, -0.25) is 4.90 Å². The fraction of sp³-hybridized carbons (Fsp3) is 0.444. The first kappa shape index (κ1) is 15.7. The first-order chi connectivity index (χ1) is 11.1. The number of nitrogens with zero attached hydrogens (tertiary/aromatic N) is 3. The van der Waals surface area contributed by atoms with Crippen LogP contribution in [0.15, 0.2) is 30.6 Å². The summed E-state index contributed by atoms with van der Waals surface area (Å²) in [7, 11) is 1.62. The zero-order valence-electron chi connectivity index (χ0n) is 14.0. The van der Waals surface area contributed by atoms with Crippen LogP contribution < -0.4 is 10.1 Å². The number of rotatable bonds is 5. The van der Waals surface area contributed by atoms with Gasteiger partial charge >= 0.3 is 0 Å². The summed E-state index contributed by atoms with van der Waals surface area (Å²) < 4.78 is 5.14. The molecule has 0 radical (unpaired) electrons. The summed E-state index contributed by atoms with van der Waals surface area (Å²) in [5.74, 6) is 1.42. The van der Waals surface area contributed by atoms with Gasteiger partial charge in [0, 0.05) is 31.7 Å². The van der Waals surface area contributed by atoms with Crippen molar-refractivity contribution in [1.29, 1.82) is 0 Å². The minimum atomic E-state index is 0.417. The Morgan fingerprint density at radius 2 is 2.13 bits per heavy atom. The van der Waals surface area contributed by atoms with Crippen molar-refractivity contribution in [2.45, 2.75) is 32.9 Å². The minimum Gasteiger partial charge on any atom is -0.481 e. The predicted octanol–water partition coefficient (Wildman–Crippen LogP) is 2.79. The van der Waals surface area contributed by atoms with Gasteiger partial charge in [0.2, 0.25) is 5.88 Å². The Hall–Kier alpha value is -2.14. The fourth-order valence-corrected chi connectivity index (χ4v) is 3.10. The molecule has 2 aromatic rings. The zero-order valence-corrected chi connectivity index (χ0v) is 14.0. The number of methoxy groups -OCH3 is 1. The average molecular weight is 312 g/mol. The van der Waals surface area contributed by atoms with Crippen LogP contribution in [0.2, 0.25) is 0 Å². The maximum Gasteiger partial charge on any atom is 0.218 e. The van der Waals surface area contributed by atoms with Gasteiger partial charge in [0.1, 0.15) is 12.1 Å². The highest BCUT2D eigenvalue weighted by molar-refractivity contribution is 5.38. The summed E-state index contributed by atoms with van der Waals surface area (Å²) in [6.45, 7) is 7.48. The van der Waals surface area contributed by atoms with Crippen LogP contribution >= 0.6 is 0 Å². The third-order valence-electron chi connectivity index (χ3n) is 4.37. The van der Waals surface area contributed by atoms with Crippen LogP contribution in [0, 0.1) is 13.8 Å². The quantitative estimate of drug-likeness (QED) is 0.920. The number of nitrogens with one attached hydrogen (secondary N) is 1. The molecule has 122 valence electrons. The molecule has 1 N–H and O–H groups in total. The van der Waals surface area contributed by atoms with Crippen LogP contribution in [0.4, 0.5) is 5.82 Å². The molecule has 23 heavy (non-hydrogen) atoms. The number of benzene rings is 1. The van der Waals surface area contributed by atoms with Crippen molar-refractivity contribution < 1.29 is 4.74 Å². The van der Waals surface area contributed by atoms with Crippen molar-refractivity contribution in [2.75, 3.05) is 25.5 Å². The van der Waals surface area contributed by atoms with Crippen molar-refractivity contribution in [3.63, 3.8) is 0 Å². The number of aryl methyl sites for hydroxylation is 2. The van der Waals surface area contributed by atoms with Crippen LogP contribution in [0.25, 0.3) is 0 Å². The molecule has 1 saturated heterocycles. The van der Waals surface area contributed by atoms with Crippen molar-refractivity contribution in [2.24, 2.45) is 0 Å². The lowest BCUT2D eigenvalue weighted by molar-refractivity contribution is 0.328. The summed E-state index contributed by atoms with van der Waals surface area (Å²) in [6.07, 6.45) is 2.65. The van der Waals surface area contributed by atoms with Gasteiger partial charge in [-0.25, -0.2) is 9.97 Å². The lowest BCUT2D eigenvalue weighted by Crippen LogP contribution is -2.26. The van der Waals surface area contributed by atoms with E-state index in [2.05, 4.69) is 52.2 Å². The molecule has 0 amide bonds. The fourth-order valence-electron chi connectivity index (χ4n) is 3.10. The second kappa shape index (κ2) is 6.96. The van der Waals surface area contributed by atoms with Crippen molar-refractivity contribution >= 4 is 5.82 Å². The summed E-state index contributed by atoms with van der Waals surface area (Å²) in [5, 5.41) is 3.48. The van der Waals surface area contributed by atoms with Gasteiger partial charge in [0.25, 0.3) is 0 Å². The van der Waals surface area contributed by atoms with Gasteiger partial charge in [0.05, 0.1) is 7.11 Å². The van der Waals surface area contributed by atoms with Gasteiger partial charge in [0.15, 0.2) is 0 Å². The highest BCUT2D eigenvalue weighted by atomic mass is 16.5. The summed E-state index contributed by atoms with van der Waals surface area (Å²) in [6, 6.07) is 8.96. The van der Waals surface area contributed by atoms with E-state index < -0.39 is 0 Å². The first-order valence-electron chi connectivity index (χ1n) is 8.05. The number of anilines is 1. The van der Waals surface area contributed by atoms with Gasteiger partial charge in [-0.05, 0) is 31.4 Å². The standard InChI is InChI=1S/C18H24N4O/c1-13-4-5-15(14(2)8-13)10-22-7-6-16(11-22)21-17-9-18(23-3)20-12-19-17/h4-5,8-9,12,16H,6-7,10-11H2,1-3H3,(H,19,20,21). The second-order valence-electron chi connectivity index (χ2n) is 6.24. The lowest BCUT2D eigenvalue weighted by Gasteiger charge is -2.18. The zero-order chi connectivity index (χ0) is 16.2. The molecule has 3 rings (SSSR count). The molecule has 1 aromatic carbocycles. The highest BCUT2D eigenvalue weighted by Gasteiger charge is 2.23. The van der Waals surface area contributed by atoms with E-state index in [1.807, 2.05) is 6.07 Å². The normalized spacial score (nSPS) is 18.1. The molecule has 1 atom stereocenters. The molecule has 0 spiro atoms. The van der Waals surface area contributed by atoms with E-state index >= 15 is 0 Å². The maximum absolute atomic E-state index is 5.14. The lowest BCUT2D eigenvalue weighted by atomic mass is 10.1. The molecule has 5 nitrogen and oxygen atoms in total. The van der Waals surface area contributed by atoms with E-state index in [1.165, 1.54) is 23.0 Å². The molecular formula is C18H24N4O. The van der Waals surface area contributed by atoms with E-state index in [-0.39, 0.29) is 0 Å². The van der Waals surface area contributed by atoms with Crippen LogP contribution in [0.5, 0.6) is 5.88 Å². The van der Waals surface area contributed by atoms with Gasteiger partial charge in [-0.2, -0.15) is 0 Å².